The lowest BCUT2D eigenvalue weighted by atomic mass is 10.3. The maximum absolute atomic E-state index is 4.04. The first kappa shape index (κ1) is 7.36. The first-order valence-corrected chi connectivity index (χ1v) is 4.46. The topological polar surface area (TPSA) is 38.7 Å². The molecule has 2 rings (SSSR count). The van der Waals surface area contributed by atoms with Crippen LogP contribution in [0.4, 0.5) is 0 Å². The van der Waals surface area contributed by atoms with Gasteiger partial charge in [-0.3, -0.25) is 0 Å². The third-order valence-electron chi connectivity index (χ3n) is 1.46. The molecule has 0 spiro atoms. The van der Waals surface area contributed by atoms with E-state index in [1.165, 1.54) is 17.5 Å². The Morgan fingerprint density at radius 3 is 2.75 bits per heavy atom. The van der Waals surface area contributed by atoms with Crippen LogP contribution in [-0.4, -0.2) is 15.0 Å². The van der Waals surface area contributed by atoms with Gasteiger partial charge in [0.1, 0.15) is 18.5 Å². The minimum absolute atomic E-state index is 0.806. The number of hydrogen-bond acceptors (Lipinski definition) is 4. The molecular weight excluding hydrogens is 170 g/mol. The third kappa shape index (κ3) is 1.65. The predicted molar refractivity (Wildman–Crippen MR) is 47.0 cm³/mol. The second-order valence-corrected chi connectivity index (χ2v) is 3.34. The van der Waals surface area contributed by atoms with E-state index in [1.807, 2.05) is 6.07 Å². The van der Waals surface area contributed by atoms with Crippen molar-refractivity contribution in [2.24, 2.45) is 0 Å². The summed E-state index contributed by atoms with van der Waals surface area (Å²) in [5.41, 5.74) is 0. The number of nitrogens with zero attached hydrogens (tertiary/aromatic N) is 3. The summed E-state index contributed by atoms with van der Waals surface area (Å²) >= 11 is 1.72. The van der Waals surface area contributed by atoms with E-state index in [9.17, 15) is 0 Å². The molecule has 0 aliphatic carbocycles. The van der Waals surface area contributed by atoms with Crippen LogP contribution in [0.2, 0.25) is 0 Å². The Labute approximate surface area is 74.2 Å². The second-order valence-electron chi connectivity index (χ2n) is 2.31. The molecule has 0 saturated carbocycles. The van der Waals surface area contributed by atoms with Crippen LogP contribution in [0, 0.1) is 0 Å². The monoisotopic (exact) mass is 177 g/mol. The summed E-state index contributed by atoms with van der Waals surface area (Å²) in [6, 6.07) is 4.11. The highest BCUT2D eigenvalue weighted by Gasteiger charge is 1.97. The Kier molecular flexibility index (Phi) is 2.09. The normalized spacial score (nSPS) is 10.0. The molecular formula is C8H7N3S. The molecule has 4 heteroatoms. The van der Waals surface area contributed by atoms with Gasteiger partial charge in [0.05, 0.1) is 0 Å². The fraction of sp³-hybridized carbons (Fsp3) is 0.125. The van der Waals surface area contributed by atoms with Crippen LogP contribution in [0.5, 0.6) is 0 Å². The van der Waals surface area contributed by atoms with Gasteiger partial charge in [-0.1, -0.05) is 6.07 Å². The molecule has 12 heavy (non-hydrogen) atoms. The highest BCUT2D eigenvalue weighted by Crippen LogP contribution is 2.11. The van der Waals surface area contributed by atoms with Gasteiger partial charge in [0.25, 0.3) is 0 Å². The SMILES string of the molecule is c1csc(Cc2ncncn2)c1. The highest BCUT2D eigenvalue weighted by molar-refractivity contribution is 7.09. The molecule has 0 fully saturated rings. The van der Waals surface area contributed by atoms with Crippen LogP contribution in [0.3, 0.4) is 0 Å². The van der Waals surface area contributed by atoms with Crippen LogP contribution >= 0.6 is 11.3 Å². The lowest BCUT2D eigenvalue weighted by Crippen LogP contribution is -1.93. The van der Waals surface area contributed by atoms with Crippen molar-refractivity contribution in [3.63, 3.8) is 0 Å². The van der Waals surface area contributed by atoms with Crippen LogP contribution in [0.25, 0.3) is 0 Å². The van der Waals surface area contributed by atoms with E-state index >= 15 is 0 Å². The van der Waals surface area contributed by atoms with E-state index in [2.05, 4.69) is 26.4 Å². The summed E-state index contributed by atoms with van der Waals surface area (Å²) in [4.78, 5) is 13.1. The minimum Gasteiger partial charge on any atom is -0.225 e. The molecule has 2 heterocycles. The average Bonchev–Trinajstić information content (AvgIpc) is 2.59. The first-order chi connectivity index (χ1) is 5.95. The molecule has 0 atom stereocenters. The molecule has 2 aromatic rings. The molecule has 0 unspecified atom stereocenters. The van der Waals surface area contributed by atoms with Gasteiger partial charge in [-0.15, -0.1) is 11.3 Å². The Morgan fingerprint density at radius 1 is 1.25 bits per heavy atom. The van der Waals surface area contributed by atoms with Crippen molar-refractivity contribution in [2.45, 2.75) is 6.42 Å². The van der Waals surface area contributed by atoms with E-state index in [-0.39, 0.29) is 0 Å². The Morgan fingerprint density at radius 2 is 2.08 bits per heavy atom. The fourth-order valence-corrected chi connectivity index (χ4v) is 1.62. The molecule has 60 valence electrons. The molecule has 2 aromatic heterocycles. The van der Waals surface area contributed by atoms with Crippen molar-refractivity contribution in [3.05, 3.63) is 40.9 Å². The third-order valence-corrected chi connectivity index (χ3v) is 2.34. The van der Waals surface area contributed by atoms with Crippen molar-refractivity contribution >= 4 is 11.3 Å². The zero-order valence-electron chi connectivity index (χ0n) is 6.34. The molecule has 0 saturated heterocycles. The van der Waals surface area contributed by atoms with Crippen LogP contribution < -0.4 is 0 Å². The van der Waals surface area contributed by atoms with E-state index in [0.29, 0.717) is 0 Å². The molecule has 0 aromatic carbocycles. The zero-order valence-corrected chi connectivity index (χ0v) is 7.16. The summed E-state index contributed by atoms with van der Waals surface area (Å²) in [6.45, 7) is 0. The maximum atomic E-state index is 4.04. The molecule has 3 nitrogen and oxygen atoms in total. The quantitative estimate of drug-likeness (QED) is 0.698. The van der Waals surface area contributed by atoms with Gasteiger partial charge in [-0.25, -0.2) is 15.0 Å². The van der Waals surface area contributed by atoms with Gasteiger partial charge in [0.15, 0.2) is 0 Å². The number of hydrogen-bond donors (Lipinski definition) is 0. The standard InChI is InChI=1S/C8H7N3S/c1-2-7(12-3-1)4-8-10-5-9-6-11-8/h1-3,5-6H,4H2. The van der Waals surface area contributed by atoms with E-state index in [4.69, 9.17) is 0 Å². The van der Waals surface area contributed by atoms with Crippen molar-refractivity contribution in [2.75, 3.05) is 0 Å². The van der Waals surface area contributed by atoms with Gasteiger partial charge in [-0.05, 0) is 11.4 Å². The van der Waals surface area contributed by atoms with Crippen LogP contribution in [0.15, 0.2) is 30.2 Å². The van der Waals surface area contributed by atoms with Crippen molar-refractivity contribution in [1.29, 1.82) is 0 Å². The number of thiophene rings is 1. The van der Waals surface area contributed by atoms with Gasteiger partial charge in [0.2, 0.25) is 0 Å². The smallest absolute Gasteiger partial charge is 0.137 e. The van der Waals surface area contributed by atoms with Gasteiger partial charge in [-0.2, -0.15) is 0 Å². The molecule has 0 radical (unpaired) electrons. The van der Waals surface area contributed by atoms with E-state index in [1.54, 1.807) is 11.3 Å². The Hall–Kier alpha value is -1.29. The molecule has 0 aliphatic heterocycles. The van der Waals surface area contributed by atoms with Crippen LogP contribution in [-0.2, 0) is 6.42 Å². The predicted octanol–water partition coefficient (Wildman–Crippen LogP) is 1.52. The zero-order chi connectivity index (χ0) is 8.23. The average molecular weight is 177 g/mol. The lowest BCUT2D eigenvalue weighted by Gasteiger charge is -1.93. The second kappa shape index (κ2) is 3.40. The minimum atomic E-state index is 0.806. The van der Waals surface area contributed by atoms with Gasteiger partial charge in [0, 0.05) is 11.3 Å². The summed E-state index contributed by atoms with van der Waals surface area (Å²) in [6.07, 6.45) is 3.85. The Bertz CT molecular complexity index is 330. The molecule has 0 aliphatic rings. The summed E-state index contributed by atoms with van der Waals surface area (Å²) < 4.78 is 0. The van der Waals surface area contributed by atoms with Gasteiger partial charge >= 0.3 is 0 Å². The lowest BCUT2D eigenvalue weighted by molar-refractivity contribution is 0.926. The van der Waals surface area contributed by atoms with Gasteiger partial charge < -0.3 is 0 Å². The summed E-state index contributed by atoms with van der Waals surface area (Å²) in [7, 11) is 0. The number of rotatable bonds is 2. The van der Waals surface area contributed by atoms with E-state index < -0.39 is 0 Å². The van der Waals surface area contributed by atoms with Crippen molar-refractivity contribution in [1.82, 2.24) is 15.0 Å². The van der Waals surface area contributed by atoms with E-state index in [0.717, 1.165) is 12.2 Å². The molecule has 0 N–H and O–H groups in total. The van der Waals surface area contributed by atoms with Crippen molar-refractivity contribution < 1.29 is 0 Å². The largest absolute Gasteiger partial charge is 0.225 e. The molecule has 0 bridgehead atoms. The van der Waals surface area contributed by atoms with Crippen molar-refractivity contribution in [3.8, 4) is 0 Å². The number of aromatic nitrogens is 3. The fourth-order valence-electron chi connectivity index (χ4n) is 0.923. The Balaban J connectivity index is 2.15. The molecule has 0 amide bonds. The highest BCUT2D eigenvalue weighted by atomic mass is 32.1. The maximum Gasteiger partial charge on any atom is 0.137 e. The summed E-state index contributed by atoms with van der Waals surface area (Å²) in [5, 5.41) is 2.05. The van der Waals surface area contributed by atoms with Crippen LogP contribution in [0.1, 0.15) is 10.7 Å². The first-order valence-electron chi connectivity index (χ1n) is 3.58. The summed E-state index contributed by atoms with van der Waals surface area (Å²) in [5.74, 6) is 0.826.